The van der Waals surface area contributed by atoms with E-state index in [2.05, 4.69) is 36.0 Å². The van der Waals surface area contributed by atoms with E-state index < -0.39 is 57.5 Å². The van der Waals surface area contributed by atoms with E-state index in [0.29, 0.717) is 25.2 Å². The molecule has 3 atom stereocenters. The van der Waals surface area contributed by atoms with E-state index in [9.17, 15) is 32.5 Å². The third-order valence-electron chi connectivity index (χ3n) is 6.45. The number of carbonyl (C=O) groups excluding carboxylic acids is 2. The number of rotatable bonds is 14. The molecule has 2 aliphatic rings. The van der Waals surface area contributed by atoms with E-state index in [4.69, 9.17) is 22.0 Å². The molecule has 1 unspecified atom stereocenters. The van der Waals surface area contributed by atoms with Gasteiger partial charge < -0.3 is 37.8 Å². The van der Waals surface area contributed by atoms with Crippen LogP contribution in [0.1, 0.15) is 43.6 Å². The second-order valence-corrected chi connectivity index (χ2v) is 11.8. The van der Waals surface area contributed by atoms with Crippen LogP contribution >= 0.6 is 11.3 Å². The summed E-state index contributed by atoms with van der Waals surface area (Å²) in [6.07, 6.45) is 2.35. The first kappa shape index (κ1) is 31.5. The number of nitrogen functional groups attached to an aromatic ring is 1. The summed E-state index contributed by atoms with van der Waals surface area (Å²) in [6.45, 7) is 2.25. The minimum atomic E-state index is -5.03. The monoisotopic (exact) mass is 642 g/mol. The average molecular weight is 643 g/mol. The van der Waals surface area contributed by atoms with Gasteiger partial charge in [0.2, 0.25) is 5.60 Å². The molecule has 234 valence electrons. The molecule has 0 radical (unpaired) electrons. The molecule has 1 aliphatic heterocycles. The smallest absolute Gasteiger partial charge is 0.362 e. The second-order valence-electron chi connectivity index (χ2n) is 9.63. The molecule has 0 bridgehead atoms. The number of hydrogen-bond donors (Lipinski definition) is 7. The van der Waals surface area contributed by atoms with Crippen LogP contribution in [0.2, 0.25) is 0 Å². The van der Waals surface area contributed by atoms with Crippen molar-refractivity contribution in [2.45, 2.75) is 56.5 Å². The molecule has 0 spiro atoms. The van der Waals surface area contributed by atoms with Crippen molar-refractivity contribution in [3.05, 3.63) is 23.0 Å². The number of carboxylic acid groups (broad SMARTS) is 1. The fourth-order valence-electron chi connectivity index (χ4n) is 3.94. The largest absolute Gasteiger partial charge is 0.478 e. The number of aliphatic carboxylic acids is 1. The number of anilines is 1. The van der Waals surface area contributed by atoms with E-state index >= 15 is 0 Å². The Bertz CT molecular complexity index is 1550. The molecular weight excluding hydrogens is 612 g/mol. The third-order valence-corrected chi connectivity index (χ3v) is 8.07. The van der Waals surface area contributed by atoms with E-state index in [1.807, 2.05) is 0 Å². The Hall–Kier alpha value is -4.41. The standard InChI is InChI=1S/C21H30N12O8S2/c1-10(27-19(23)25-6-2-5-22)11-7-26-32(30-11)8-13-15(17(35)33(13)43(38,39)40)29-16(34)14(12-9-42-20(24)28-12)31-41-21(3-4-21)18(36)37/h7,9-10,13,15H,2-6,8,22H2,1H3,(H2,24,28)(H,29,34)(H,36,37)(H3,23,25,27)(H,38,39,40)/b31-14-/t10?,13-,15+/m1/s1. The Morgan fingerprint density at radius 1 is 1.37 bits per heavy atom. The highest BCUT2D eigenvalue weighted by Crippen LogP contribution is 2.40. The maximum atomic E-state index is 13.2. The van der Waals surface area contributed by atoms with Gasteiger partial charge in [-0.05, 0) is 19.9 Å². The average Bonchev–Trinajstić information content (AvgIpc) is 3.36. The van der Waals surface area contributed by atoms with Crippen molar-refractivity contribution >= 4 is 56.2 Å². The van der Waals surface area contributed by atoms with Gasteiger partial charge in [0.1, 0.15) is 23.5 Å². The SMILES string of the molecule is CC(NC(N)=NCCCN)c1cnn(C[C@@H]2[C@H](NC(=O)/C(=N\OC3(C(=O)O)CC3)c3csc(N)n3)C(=O)N2S(=O)(=O)O)n1. The minimum absolute atomic E-state index is 0.0675. The first-order chi connectivity index (χ1) is 20.3. The number of nitrogens with one attached hydrogen (secondary N) is 2. The maximum absolute atomic E-state index is 13.2. The number of carboxylic acids is 1. The van der Waals surface area contributed by atoms with Gasteiger partial charge in [-0.3, -0.25) is 19.1 Å². The van der Waals surface area contributed by atoms with Crippen LogP contribution in [-0.4, -0.2) is 103 Å². The fraction of sp³-hybridized carbons (Fsp3) is 0.524. The van der Waals surface area contributed by atoms with Gasteiger partial charge in [-0.15, -0.1) is 11.3 Å². The quantitative estimate of drug-likeness (QED) is 0.0273. The summed E-state index contributed by atoms with van der Waals surface area (Å²) in [7, 11) is -5.03. The fourth-order valence-corrected chi connectivity index (χ4v) is 5.36. The van der Waals surface area contributed by atoms with E-state index in [-0.39, 0.29) is 40.5 Å². The predicted molar refractivity (Wildman–Crippen MR) is 150 cm³/mol. The summed E-state index contributed by atoms with van der Waals surface area (Å²) >= 11 is 0.965. The number of oxime groups is 1. The zero-order valence-corrected chi connectivity index (χ0v) is 24.3. The lowest BCUT2D eigenvalue weighted by Crippen LogP contribution is -2.73. The van der Waals surface area contributed by atoms with Crippen molar-refractivity contribution in [2.24, 2.45) is 21.6 Å². The van der Waals surface area contributed by atoms with Crippen LogP contribution in [0.25, 0.3) is 0 Å². The van der Waals surface area contributed by atoms with Gasteiger partial charge in [-0.2, -0.15) is 23.4 Å². The summed E-state index contributed by atoms with van der Waals surface area (Å²) in [5.41, 5.74) is 15.2. The molecule has 2 amide bonds. The van der Waals surface area contributed by atoms with Crippen LogP contribution in [0.4, 0.5) is 5.13 Å². The summed E-state index contributed by atoms with van der Waals surface area (Å²) < 4.78 is 33.8. The Morgan fingerprint density at radius 2 is 2.09 bits per heavy atom. The van der Waals surface area contributed by atoms with Gasteiger partial charge >= 0.3 is 16.3 Å². The lowest BCUT2D eigenvalue weighted by molar-refractivity contribution is -0.153. The normalized spacial score (nSPS) is 20.7. The topological polar surface area (TPSA) is 309 Å². The summed E-state index contributed by atoms with van der Waals surface area (Å²) in [5.74, 6) is -3.31. The van der Waals surface area contributed by atoms with Crippen LogP contribution in [0.5, 0.6) is 0 Å². The number of aromatic nitrogens is 4. The van der Waals surface area contributed by atoms with Gasteiger partial charge in [-0.25, -0.2) is 14.1 Å². The van der Waals surface area contributed by atoms with Crippen LogP contribution in [0, 0.1) is 0 Å². The van der Waals surface area contributed by atoms with Crippen molar-refractivity contribution < 1.29 is 37.3 Å². The molecule has 22 heteroatoms. The zero-order valence-electron chi connectivity index (χ0n) is 22.7. The first-order valence-electron chi connectivity index (χ1n) is 12.7. The highest BCUT2D eigenvalue weighted by Gasteiger charge is 2.56. The van der Waals surface area contributed by atoms with Crippen LogP contribution < -0.4 is 27.8 Å². The van der Waals surface area contributed by atoms with Crippen molar-refractivity contribution in [3.63, 3.8) is 0 Å². The van der Waals surface area contributed by atoms with Crippen molar-refractivity contribution in [2.75, 3.05) is 18.8 Å². The second kappa shape index (κ2) is 12.4. The van der Waals surface area contributed by atoms with Crippen molar-refractivity contribution in [1.82, 2.24) is 34.9 Å². The van der Waals surface area contributed by atoms with Gasteiger partial charge in [0, 0.05) is 24.8 Å². The molecule has 0 aromatic carbocycles. The molecule has 10 N–H and O–H groups in total. The molecule has 3 heterocycles. The van der Waals surface area contributed by atoms with Crippen molar-refractivity contribution in [3.8, 4) is 0 Å². The molecule has 43 heavy (non-hydrogen) atoms. The molecule has 2 aromatic heterocycles. The van der Waals surface area contributed by atoms with E-state index in [1.165, 1.54) is 11.6 Å². The molecule has 20 nitrogen and oxygen atoms in total. The van der Waals surface area contributed by atoms with Crippen LogP contribution in [0.15, 0.2) is 21.7 Å². The summed E-state index contributed by atoms with van der Waals surface area (Å²) in [4.78, 5) is 51.8. The number of β-lactam (4-membered cyclic amide) rings is 1. The number of nitrogens with zero attached hydrogens (tertiary/aromatic N) is 7. The third kappa shape index (κ3) is 7.15. The zero-order chi connectivity index (χ0) is 31.5. The Kier molecular flexibility index (Phi) is 9.12. The lowest BCUT2D eigenvalue weighted by atomic mass is 9.98. The number of aliphatic imine (C=N–C) groups is 1. The number of thiazole rings is 1. The van der Waals surface area contributed by atoms with Gasteiger partial charge in [0.15, 0.2) is 16.8 Å². The molecule has 2 fully saturated rings. The molecule has 1 saturated heterocycles. The summed E-state index contributed by atoms with van der Waals surface area (Å²) in [6, 6.07) is -3.30. The van der Waals surface area contributed by atoms with Gasteiger partial charge in [-0.1, -0.05) is 5.16 Å². The molecule has 1 saturated carbocycles. The van der Waals surface area contributed by atoms with E-state index in [1.54, 1.807) is 6.92 Å². The van der Waals surface area contributed by atoms with Crippen molar-refractivity contribution in [1.29, 1.82) is 0 Å². The van der Waals surface area contributed by atoms with E-state index in [0.717, 1.165) is 16.1 Å². The number of nitrogens with two attached hydrogens (primary N) is 3. The summed E-state index contributed by atoms with van der Waals surface area (Å²) in [5, 5.41) is 28.1. The predicted octanol–water partition coefficient (Wildman–Crippen LogP) is -2.83. The maximum Gasteiger partial charge on any atom is 0.362 e. The molecule has 4 rings (SSSR count). The minimum Gasteiger partial charge on any atom is -0.478 e. The molecule has 2 aromatic rings. The highest BCUT2D eigenvalue weighted by molar-refractivity contribution is 7.84. The van der Waals surface area contributed by atoms with Crippen LogP contribution in [-0.2, 0) is 36.1 Å². The highest BCUT2D eigenvalue weighted by atomic mass is 32.2. The first-order valence-corrected chi connectivity index (χ1v) is 15.0. The molecule has 1 aliphatic carbocycles. The van der Waals surface area contributed by atoms with Gasteiger partial charge in [0.25, 0.3) is 11.8 Å². The number of amides is 2. The van der Waals surface area contributed by atoms with Gasteiger partial charge in [0.05, 0.1) is 18.8 Å². The number of carbonyl (C=O) groups is 3. The number of hydrogen-bond acceptors (Lipinski definition) is 14. The molecular formula is C21H30N12O8S2. The number of guanidine groups is 1. The van der Waals surface area contributed by atoms with Crippen LogP contribution in [0.3, 0.4) is 0 Å². The lowest BCUT2D eigenvalue weighted by Gasteiger charge is -2.43. The Morgan fingerprint density at radius 3 is 2.67 bits per heavy atom. The Labute approximate surface area is 248 Å². The Balaban J connectivity index is 1.51.